The molecule has 2 heterocycles. The predicted octanol–water partition coefficient (Wildman–Crippen LogP) is 2.70. The van der Waals surface area contributed by atoms with E-state index in [-0.39, 0.29) is 0 Å². The number of hydrogen-bond donors (Lipinski definition) is 1. The molecule has 0 aliphatic heterocycles. The van der Waals surface area contributed by atoms with Gasteiger partial charge in [-0.25, -0.2) is 9.97 Å². The van der Waals surface area contributed by atoms with Crippen molar-refractivity contribution < 1.29 is 0 Å². The first-order valence-electron chi connectivity index (χ1n) is 5.77. The first-order valence-corrected chi connectivity index (χ1v) is 6.65. The van der Waals surface area contributed by atoms with Crippen molar-refractivity contribution in [2.45, 2.75) is 13.3 Å². The molecule has 0 bridgehead atoms. The lowest BCUT2D eigenvalue weighted by Gasteiger charge is -2.12. The van der Waals surface area contributed by atoms with Crippen LogP contribution in [-0.2, 0) is 6.42 Å². The number of nitriles is 1. The van der Waals surface area contributed by atoms with Gasteiger partial charge in [0.05, 0.1) is 0 Å². The molecule has 0 aliphatic carbocycles. The maximum absolute atomic E-state index is 8.90. The normalized spacial score (nSPS) is 11.8. The molecule has 0 saturated heterocycles. The van der Waals surface area contributed by atoms with E-state index in [1.165, 1.54) is 11.1 Å². The minimum absolute atomic E-state index is 0.348. The fourth-order valence-electron chi connectivity index (χ4n) is 1.66. The summed E-state index contributed by atoms with van der Waals surface area (Å²) in [7, 11) is 0. The van der Waals surface area contributed by atoms with Gasteiger partial charge in [-0.3, -0.25) is 0 Å². The Morgan fingerprint density at radius 3 is 3.00 bits per heavy atom. The number of rotatable bonds is 5. The van der Waals surface area contributed by atoms with Gasteiger partial charge in [-0.05, 0) is 23.8 Å². The molecule has 5 heteroatoms. The summed E-state index contributed by atoms with van der Waals surface area (Å²) in [4.78, 5) is 9.47. The Morgan fingerprint density at radius 1 is 1.44 bits per heavy atom. The molecule has 18 heavy (non-hydrogen) atoms. The van der Waals surface area contributed by atoms with Crippen LogP contribution in [0.15, 0.2) is 29.9 Å². The predicted molar refractivity (Wildman–Crippen MR) is 72.4 cm³/mol. The number of nitrogens with one attached hydrogen (secondary N) is 1. The Kier molecular flexibility index (Phi) is 4.26. The Balaban J connectivity index is 1.89. The molecular formula is C13H14N4S. The van der Waals surface area contributed by atoms with Gasteiger partial charge >= 0.3 is 0 Å². The van der Waals surface area contributed by atoms with E-state index in [1.54, 1.807) is 17.5 Å². The van der Waals surface area contributed by atoms with Crippen molar-refractivity contribution in [3.8, 4) is 6.07 Å². The molecule has 4 nitrogen and oxygen atoms in total. The Bertz CT molecular complexity index is 530. The number of nitrogens with zero attached hydrogens (tertiary/aromatic N) is 3. The maximum atomic E-state index is 8.90. The van der Waals surface area contributed by atoms with Crippen LogP contribution in [0, 0.1) is 17.2 Å². The number of thiophene rings is 1. The van der Waals surface area contributed by atoms with Crippen LogP contribution in [0.3, 0.4) is 0 Å². The lowest BCUT2D eigenvalue weighted by Crippen LogP contribution is -2.15. The van der Waals surface area contributed by atoms with Gasteiger partial charge in [0.15, 0.2) is 11.5 Å². The zero-order valence-corrected chi connectivity index (χ0v) is 10.9. The van der Waals surface area contributed by atoms with Crippen LogP contribution in [0.1, 0.15) is 17.5 Å². The minimum atomic E-state index is 0.348. The molecular weight excluding hydrogens is 244 g/mol. The monoisotopic (exact) mass is 258 g/mol. The second kappa shape index (κ2) is 6.12. The van der Waals surface area contributed by atoms with Crippen LogP contribution in [0.2, 0.25) is 0 Å². The molecule has 2 rings (SSSR count). The average molecular weight is 258 g/mol. The van der Waals surface area contributed by atoms with E-state index < -0.39 is 0 Å². The van der Waals surface area contributed by atoms with Gasteiger partial charge in [0.1, 0.15) is 6.07 Å². The molecule has 0 aromatic carbocycles. The van der Waals surface area contributed by atoms with Gasteiger partial charge in [-0.1, -0.05) is 13.0 Å². The highest BCUT2D eigenvalue weighted by atomic mass is 32.1. The van der Waals surface area contributed by atoms with Crippen molar-refractivity contribution in [1.29, 1.82) is 5.26 Å². The lowest BCUT2D eigenvalue weighted by molar-refractivity contribution is 0.616. The molecule has 92 valence electrons. The largest absolute Gasteiger partial charge is 0.367 e. The third kappa shape index (κ3) is 3.28. The van der Waals surface area contributed by atoms with Crippen LogP contribution >= 0.6 is 11.3 Å². The zero-order valence-electron chi connectivity index (χ0n) is 10.1. The molecule has 1 N–H and O–H groups in total. The smallest absolute Gasteiger partial charge is 0.182 e. The summed E-state index contributed by atoms with van der Waals surface area (Å²) >= 11 is 1.77. The van der Waals surface area contributed by atoms with Crippen LogP contribution in [0.4, 0.5) is 5.82 Å². The minimum Gasteiger partial charge on any atom is -0.367 e. The molecule has 1 atom stereocenters. The molecule has 0 radical (unpaired) electrons. The fraction of sp³-hybridized carbons (Fsp3) is 0.308. The quantitative estimate of drug-likeness (QED) is 0.895. The van der Waals surface area contributed by atoms with Crippen molar-refractivity contribution in [2.24, 2.45) is 5.92 Å². The summed E-state index contributed by atoms with van der Waals surface area (Å²) in [5.41, 5.74) is 0.348. The van der Waals surface area contributed by atoms with Gasteiger partial charge < -0.3 is 5.32 Å². The Morgan fingerprint density at radius 2 is 2.28 bits per heavy atom. The van der Waals surface area contributed by atoms with Crippen LogP contribution in [0.25, 0.3) is 0 Å². The van der Waals surface area contributed by atoms with Crippen LogP contribution in [0.5, 0.6) is 0 Å². The molecule has 0 fully saturated rings. The third-order valence-electron chi connectivity index (χ3n) is 2.55. The van der Waals surface area contributed by atoms with Crippen LogP contribution < -0.4 is 5.32 Å². The second-order valence-electron chi connectivity index (χ2n) is 4.13. The highest BCUT2D eigenvalue weighted by Gasteiger charge is 2.07. The molecule has 1 unspecified atom stereocenters. The van der Waals surface area contributed by atoms with E-state index in [1.807, 2.05) is 6.07 Å². The van der Waals surface area contributed by atoms with Crippen molar-refractivity contribution in [3.63, 3.8) is 0 Å². The Hall–Kier alpha value is -1.93. The standard InChI is InChI=1S/C13H14N4S/c1-10(7-11-3-2-6-18-11)9-17-13-12(8-14)15-4-5-16-13/h2-6,10H,7,9H2,1H3,(H,16,17). The zero-order chi connectivity index (χ0) is 12.8. The van der Waals surface area contributed by atoms with Crippen molar-refractivity contribution in [3.05, 3.63) is 40.5 Å². The fourth-order valence-corrected chi connectivity index (χ4v) is 2.53. The molecule has 0 amide bonds. The molecule has 0 saturated carbocycles. The summed E-state index contributed by atoms with van der Waals surface area (Å²) in [6, 6.07) is 6.24. The van der Waals surface area contributed by atoms with Gasteiger partial charge in [-0.15, -0.1) is 11.3 Å². The maximum Gasteiger partial charge on any atom is 0.182 e. The van der Waals surface area contributed by atoms with Crippen molar-refractivity contribution in [2.75, 3.05) is 11.9 Å². The van der Waals surface area contributed by atoms with E-state index in [2.05, 4.69) is 39.7 Å². The first-order chi connectivity index (χ1) is 8.79. The summed E-state index contributed by atoms with van der Waals surface area (Å²) in [5, 5.41) is 14.2. The van der Waals surface area contributed by atoms with E-state index in [9.17, 15) is 0 Å². The molecule has 0 spiro atoms. The molecule has 0 aliphatic rings. The Labute approximate surface area is 110 Å². The highest BCUT2D eigenvalue weighted by molar-refractivity contribution is 7.09. The van der Waals surface area contributed by atoms with Crippen LogP contribution in [-0.4, -0.2) is 16.5 Å². The first kappa shape index (κ1) is 12.5. The van der Waals surface area contributed by atoms with E-state index in [0.717, 1.165) is 13.0 Å². The SMILES string of the molecule is CC(CNc1nccnc1C#N)Cc1cccs1. The highest BCUT2D eigenvalue weighted by Crippen LogP contribution is 2.15. The summed E-state index contributed by atoms with van der Waals surface area (Å²) in [5.74, 6) is 1.05. The summed E-state index contributed by atoms with van der Waals surface area (Å²) in [6.07, 6.45) is 4.15. The topological polar surface area (TPSA) is 61.6 Å². The van der Waals surface area contributed by atoms with Gasteiger partial charge in [0.25, 0.3) is 0 Å². The summed E-state index contributed by atoms with van der Waals surface area (Å²) in [6.45, 7) is 2.96. The van der Waals surface area contributed by atoms with E-state index in [0.29, 0.717) is 17.4 Å². The number of hydrogen-bond acceptors (Lipinski definition) is 5. The van der Waals surface area contributed by atoms with Gasteiger partial charge in [0, 0.05) is 23.8 Å². The van der Waals surface area contributed by atoms with Gasteiger partial charge in [0.2, 0.25) is 0 Å². The third-order valence-corrected chi connectivity index (χ3v) is 3.45. The van der Waals surface area contributed by atoms with Crippen molar-refractivity contribution >= 4 is 17.2 Å². The second-order valence-corrected chi connectivity index (χ2v) is 5.17. The average Bonchev–Trinajstić information content (AvgIpc) is 2.89. The molecule has 2 aromatic heterocycles. The van der Waals surface area contributed by atoms with Gasteiger partial charge in [-0.2, -0.15) is 5.26 Å². The van der Waals surface area contributed by atoms with Crippen molar-refractivity contribution in [1.82, 2.24) is 9.97 Å². The van der Waals surface area contributed by atoms with E-state index in [4.69, 9.17) is 5.26 Å². The lowest BCUT2D eigenvalue weighted by atomic mass is 10.1. The van der Waals surface area contributed by atoms with E-state index >= 15 is 0 Å². The molecule has 2 aromatic rings. The summed E-state index contributed by atoms with van der Waals surface area (Å²) < 4.78 is 0. The number of anilines is 1. The number of aromatic nitrogens is 2.